The Morgan fingerprint density at radius 3 is 1.12 bits per heavy atom. The molecule has 0 rings (SSSR count). The zero-order chi connectivity index (χ0) is 19.6. The van der Waals surface area contributed by atoms with E-state index < -0.39 is 12.2 Å². The molecule has 0 amide bonds. The molecule has 0 aromatic rings. The van der Waals surface area contributed by atoms with Crippen LogP contribution < -0.4 is 0 Å². The second-order valence-corrected chi connectivity index (χ2v) is 8.00. The van der Waals surface area contributed by atoms with Gasteiger partial charge in [0, 0.05) is 0 Å². The van der Waals surface area contributed by atoms with E-state index in [9.17, 15) is 20.4 Å². The van der Waals surface area contributed by atoms with Crippen LogP contribution in [0.25, 0.3) is 0 Å². The molecule has 0 aromatic carbocycles. The molecule has 4 nitrogen and oxygen atoms in total. The zero-order valence-electron chi connectivity index (χ0n) is 17.4. The number of aliphatic hydroxyl groups is 4. The molecule has 0 fully saturated rings. The lowest BCUT2D eigenvalue weighted by Crippen LogP contribution is -2.26. The molecule has 26 heavy (non-hydrogen) atoms. The number of hydrogen-bond donors (Lipinski definition) is 4. The number of rotatable bonds is 19. The van der Waals surface area contributed by atoms with Crippen molar-refractivity contribution in [3.8, 4) is 0 Å². The summed E-state index contributed by atoms with van der Waals surface area (Å²) in [7, 11) is 0. The van der Waals surface area contributed by atoms with Crippen molar-refractivity contribution in [2.45, 2.75) is 141 Å². The average Bonchev–Trinajstić information content (AvgIpc) is 2.62. The minimum Gasteiger partial charge on any atom is -0.393 e. The third-order valence-electron chi connectivity index (χ3n) is 5.30. The molecule has 0 aliphatic heterocycles. The third-order valence-corrected chi connectivity index (χ3v) is 5.30. The van der Waals surface area contributed by atoms with Crippen LogP contribution in [0.2, 0.25) is 0 Å². The molecule has 0 aliphatic rings. The first-order chi connectivity index (χ1) is 12.5. The van der Waals surface area contributed by atoms with Crippen LogP contribution in [0.1, 0.15) is 117 Å². The summed E-state index contributed by atoms with van der Waals surface area (Å²) in [5.41, 5.74) is 0. The Kier molecular flexibility index (Phi) is 18.1. The molecule has 0 radical (unpaired) electrons. The van der Waals surface area contributed by atoms with Gasteiger partial charge in [-0.2, -0.15) is 0 Å². The standard InChI is InChI=1S/C22H46O4/c1-3-5-7-9-13-19(23)15-11-17-21(25)22(26)18-12-16-20(24)14-10-8-6-4-2/h19-26H,3-18H2,1-2H3. The van der Waals surface area contributed by atoms with E-state index >= 15 is 0 Å². The Hall–Kier alpha value is -0.160. The summed E-state index contributed by atoms with van der Waals surface area (Å²) in [6.07, 6.45) is 13.0. The molecule has 0 saturated carbocycles. The van der Waals surface area contributed by atoms with Crippen LogP contribution >= 0.6 is 0 Å². The van der Waals surface area contributed by atoms with Gasteiger partial charge in [-0.25, -0.2) is 0 Å². The number of unbranched alkanes of at least 4 members (excludes halogenated alkanes) is 6. The monoisotopic (exact) mass is 374 g/mol. The Morgan fingerprint density at radius 2 is 0.769 bits per heavy atom. The van der Waals surface area contributed by atoms with E-state index in [1.54, 1.807) is 0 Å². The van der Waals surface area contributed by atoms with Gasteiger partial charge in [0.05, 0.1) is 24.4 Å². The average molecular weight is 375 g/mol. The number of aliphatic hydroxyl groups excluding tert-OH is 4. The lowest BCUT2D eigenvalue weighted by Gasteiger charge is -2.19. The van der Waals surface area contributed by atoms with Gasteiger partial charge >= 0.3 is 0 Å². The Balaban J connectivity index is 3.62. The first-order valence-corrected chi connectivity index (χ1v) is 11.2. The molecule has 0 bridgehead atoms. The van der Waals surface area contributed by atoms with E-state index in [0.29, 0.717) is 25.7 Å². The van der Waals surface area contributed by atoms with Crippen molar-refractivity contribution in [2.24, 2.45) is 0 Å². The smallest absolute Gasteiger partial charge is 0.0799 e. The highest BCUT2D eigenvalue weighted by atomic mass is 16.3. The highest BCUT2D eigenvalue weighted by molar-refractivity contribution is 4.69. The lowest BCUT2D eigenvalue weighted by atomic mass is 9.98. The summed E-state index contributed by atoms with van der Waals surface area (Å²) in [4.78, 5) is 0. The second-order valence-electron chi connectivity index (χ2n) is 8.00. The maximum absolute atomic E-state index is 10.0. The fraction of sp³-hybridized carbons (Fsp3) is 1.00. The van der Waals surface area contributed by atoms with E-state index in [4.69, 9.17) is 0 Å². The van der Waals surface area contributed by atoms with Crippen molar-refractivity contribution < 1.29 is 20.4 Å². The molecule has 0 aliphatic carbocycles. The van der Waals surface area contributed by atoms with Gasteiger partial charge in [0.25, 0.3) is 0 Å². The van der Waals surface area contributed by atoms with Gasteiger partial charge in [-0.15, -0.1) is 0 Å². The van der Waals surface area contributed by atoms with Crippen LogP contribution in [0, 0.1) is 0 Å². The summed E-state index contributed by atoms with van der Waals surface area (Å²) in [5.74, 6) is 0. The van der Waals surface area contributed by atoms with Crippen molar-refractivity contribution in [3.63, 3.8) is 0 Å². The van der Waals surface area contributed by atoms with Crippen LogP contribution in [-0.4, -0.2) is 44.8 Å². The fourth-order valence-corrected chi connectivity index (χ4v) is 3.41. The van der Waals surface area contributed by atoms with Crippen molar-refractivity contribution in [2.75, 3.05) is 0 Å². The number of hydrogen-bond acceptors (Lipinski definition) is 4. The molecule has 0 heterocycles. The van der Waals surface area contributed by atoms with Crippen molar-refractivity contribution >= 4 is 0 Å². The Bertz CT molecular complexity index is 257. The quantitative estimate of drug-likeness (QED) is 0.247. The summed E-state index contributed by atoms with van der Waals surface area (Å²) >= 11 is 0. The first kappa shape index (κ1) is 25.8. The SMILES string of the molecule is CCCCCCC(O)CCCC(O)C(O)CCCC(O)CCCCCC. The summed E-state index contributed by atoms with van der Waals surface area (Å²) in [6, 6.07) is 0. The second kappa shape index (κ2) is 18.2. The molecule has 4 atom stereocenters. The van der Waals surface area contributed by atoms with Gasteiger partial charge in [0.1, 0.15) is 0 Å². The van der Waals surface area contributed by atoms with Crippen molar-refractivity contribution in [1.82, 2.24) is 0 Å². The minimum absolute atomic E-state index is 0.279. The van der Waals surface area contributed by atoms with Crippen molar-refractivity contribution in [1.29, 1.82) is 0 Å². The Labute approximate surface area is 162 Å². The maximum atomic E-state index is 10.0. The van der Waals surface area contributed by atoms with E-state index in [-0.39, 0.29) is 12.2 Å². The predicted octanol–water partition coefficient (Wildman–Crippen LogP) is 4.71. The van der Waals surface area contributed by atoms with E-state index in [0.717, 1.165) is 38.5 Å². The normalized spacial score (nSPS) is 16.4. The van der Waals surface area contributed by atoms with Gasteiger partial charge in [0.15, 0.2) is 0 Å². The summed E-state index contributed by atoms with van der Waals surface area (Å²) < 4.78 is 0. The predicted molar refractivity (Wildman–Crippen MR) is 109 cm³/mol. The molecule has 0 saturated heterocycles. The fourth-order valence-electron chi connectivity index (χ4n) is 3.41. The van der Waals surface area contributed by atoms with Crippen LogP contribution in [0.3, 0.4) is 0 Å². The van der Waals surface area contributed by atoms with E-state index in [1.165, 1.54) is 38.5 Å². The van der Waals surface area contributed by atoms with Gasteiger partial charge in [0.2, 0.25) is 0 Å². The van der Waals surface area contributed by atoms with Crippen LogP contribution in [0.5, 0.6) is 0 Å². The topological polar surface area (TPSA) is 80.9 Å². The summed E-state index contributed by atoms with van der Waals surface area (Å²) in [6.45, 7) is 4.36. The van der Waals surface area contributed by atoms with E-state index in [1.807, 2.05) is 0 Å². The van der Waals surface area contributed by atoms with Gasteiger partial charge < -0.3 is 20.4 Å². The zero-order valence-corrected chi connectivity index (χ0v) is 17.4. The first-order valence-electron chi connectivity index (χ1n) is 11.2. The molecular weight excluding hydrogens is 328 g/mol. The molecule has 4 unspecified atom stereocenters. The van der Waals surface area contributed by atoms with E-state index in [2.05, 4.69) is 13.8 Å². The highest BCUT2D eigenvalue weighted by Gasteiger charge is 2.17. The van der Waals surface area contributed by atoms with Gasteiger partial charge in [-0.3, -0.25) is 0 Å². The van der Waals surface area contributed by atoms with Gasteiger partial charge in [-0.1, -0.05) is 65.2 Å². The molecule has 4 N–H and O–H groups in total. The Morgan fingerprint density at radius 1 is 0.423 bits per heavy atom. The highest BCUT2D eigenvalue weighted by Crippen LogP contribution is 2.16. The third kappa shape index (κ3) is 16.0. The van der Waals surface area contributed by atoms with Crippen LogP contribution in [0.4, 0.5) is 0 Å². The molecular formula is C22H46O4. The van der Waals surface area contributed by atoms with Crippen molar-refractivity contribution in [3.05, 3.63) is 0 Å². The van der Waals surface area contributed by atoms with Gasteiger partial charge in [-0.05, 0) is 51.4 Å². The lowest BCUT2D eigenvalue weighted by molar-refractivity contribution is 0.00316. The minimum atomic E-state index is -0.719. The molecule has 158 valence electrons. The van der Waals surface area contributed by atoms with Crippen LogP contribution in [-0.2, 0) is 0 Å². The summed E-state index contributed by atoms with van der Waals surface area (Å²) in [5, 5.41) is 40.0. The maximum Gasteiger partial charge on any atom is 0.0799 e. The molecule has 4 heteroatoms. The molecule has 0 aromatic heterocycles. The largest absolute Gasteiger partial charge is 0.393 e. The van der Waals surface area contributed by atoms with Crippen LogP contribution in [0.15, 0.2) is 0 Å². The molecule has 0 spiro atoms.